The summed E-state index contributed by atoms with van der Waals surface area (Å²) in [7, 11) is 0. The van der Waals surface area contributed by atoms with Crippen molar-refractivity contribution in [2.24, 2.45) is 0 Å². The fraction of sp³-hybridized carbons (Fsp3) is 0.235. The van der Waals surface area contributed by atoms with Crippen LogP contribution in [0.25, 0.3) is 0 Å². The largest absolute Gasteiger partial charge is 0.454 e. The number of amides is 1. The second kappa shape index (κ2) is 7.11. The summed E-state index contributed by atoms with van der Waals surface area (Å²) in [6.07, 6.45) is 0. The maximum atomic E-state index is 12.8. The van der Waals surface area contributed by atoms with Crippen molar-refractivity contribution in [2.75, 3.05) is 13.3 Å². The number of fused-ring (bicyclic) bond motifs is 1. The molecule has 0 aliphatic carbocycles. The Morgan fingerprint density at radius 2 is 1.74 bits per heavy atom. The summed E-state index contributed by atoms with van der Waals surface area (Å²) in [4.78, 5) is 11.8. The lowest BCUT2D eigenvalue weighted by Crippen LogP contribution is -2.33. The number of hydrogen-bond donors (Lipinski definition) is 2. The second-order valence-corrected chi connectivity index (χ2v) is 5.19. The lowest BCUT2D eigenvalue weighted by atomic mass is 10.2. The average Bonchev–Trinajstić information content (AvgIpc) is 3.02. The molecule has 3 rings (SSSR count). The number of hydrogen-bond acceptors (Lipinski definition) is 4. The summed E-state index contributed by atoms with van der Waals surface area (Å²) < 4.78 is 23.3. The molecule has 0 fully saturated rings. The van der Waals surface area contributed by atoms with Gasteiger partial charge in [0.1, 0.15) is 5.82 Å². The molecule has 0 atom stereocenters. The van der Waals surface area contributed by atoms with Gasteiger partial charge in [-0.05, 0) is 35.4 Å². The fourth-order valence-corrected chi connectivity index (χ4v) is 2.24. The quantitative estimate of drug-likeness (QED) is 0.855. The Bertz CT molecular complexity index is 689. The Labute approximate surface area is 133 Å². The second-order valence-electron chi connectivity index (χ2n) is 5.19. The first-order valence-corrected chi connectivity index (χ1v) is 7.31. The van der Waals surface area contributed by atoms with Crippen LogP contribution in [-0.4, -0.2) is 19.2 Å². The number of halogens is 1. The van der Waals surface area contributed by atoms with Gasteiger partial charge >= 0.3 is 0 Å². The van der Waals surface area contributed by atoms with Crippen molar-refractivity contribution >= 4 is 5.91 Å². The molecule has 120 valence electrons. The molecule has 0 bridgehead atoms. The van der Waals surface area contributed by atoms with Gasteiger partial charge in [0, 0.05) is 13.1 Å². The third-order valence-electron chi connectivity index (χ3n) is 3.45. The first-order chi connectivity index (χ1) is 11.2. The number of ether oxygens (including phenoxy) is 2. The zero-order valence-corrected chi connectivity index (χ0v) is 12.5. The topological polar surface area (TPSA) is 59.6 Å². The smallest absolute Gasteiger partial charge is 0.234 e. The summed E-state index contributed by atoms with van der Waals surface area (Å²) >= 11 is 0. The molecule has 23 heavy (non-hydrogen) atoms. The van der Waals surface area contributed by atoms with E-state index in [1.54, 1.807) is 12.1 Å². The van der Waals surface area contributed by atoms with Gasteiger partial charge < -0.3 is 20.1 Å². The molecule has 0 aromatic heterocycles. The number of nitrogens with one attached hydrogen (secondary N) is 2. The van der Waals surface area contributed by atoms with Gasteiger partial charge in [-0.15, -0.1) is 0 Å². The molecule has 5 nitrogen and oxygen atoms in total. The standard InChI is InChI=1S/C17H17FN2O3/c18-14-4-1-12(2-5-14)8-19-10-17(21)20-9-13-3-6-15-16(7-13)23-11-22-15/h1-7,19H,8-11H2,(H,20,21). The van der Waals surface area contributed by atoms with Crippen molar-refractivity contribution in [2.45, 2.75) is 13.1 Å². The SMILES string of the molecule is O=C(CNCc1ccc(F)cc1)NCc1ccc2c(c1)OCO2. The first kappa shape index (κ1) is 15.3. The van der Waals surface area contributed by atoms with Crippen LogP contribution < -0.4 is 20.1 Å². The molecule has 1 amide bonds. The predicted octanol–water partition coefficient (Wildman–Crippen LogP) is 1.96. The van der Waals surface area contributed by atoms with E-state index in [-0.39, 0.29) is 25.1 Å². The van der Waals surface area contributed by atoms with E-state index < -0.39 is 0 Å². The summed E-state index contributed by atoms with van der Waals surface area (Å²) in [5.74, 6) is 1.05. The van der Waals surface area contributed by atoms with E-state index in [4.69, 9.17) is 9.47 Å². The van der Waals surface area contributed by atoms with Crippen LogP contribution in [0, 0.1) is 5.82 Å². The van der Waals surface area contributed by atoms with Gasteiger partial charge in [-0.1, -0.05) is 18.2 Å². The Hall–Kier alpha value is -2.60. The molecular formula is C17H17FN2O3. The molecule has 0 saturated carbocycles. The highest BCUT2D eigenvalue weighted by atomic mass is 19.1. The molecule has 0 radical (unpaired) electrons. The molecular weight excluding hydrogens is 299 g/mol. The zero-order valence-electron chi connectivity index (χ0n) is 12.5. The average molecular weight is 316 g/mol. The number of benzene rings is 2. The van der Waals surface area contributed by atoms with Crippen LogP contribution in [0.15, 0.2) is 42.5 Å². The van der Waals surface area contributed by atoms with E-state index >= 15 is 0 Å². The van der Waals surface area contributed by atoms with Gasteiger partial charge in [-0.2, -0.15) is 0 Å². The maximum Gasteiger partial charge on any atom is 0.234 e. The van der Waals surface area contributed by atoms with E-state index in [9.17, 15) is 9.18 Å². The van der Waals surface area contributed by atoms with Gasteiger partial charge in [0.25, 0.3) is 0 Å². The predicted molar refractivity (Wildman–Crippen MR) is 82.5 cm³/mol. The Balaban J connectivity index is 1.40. The first-order valence-electron chi connectivity index (χ1n) is 7.31. The van der Waals surface area contributed by atoms with E-state index in [0.29, 0.717) is 18.8 Å². The van der Waals surface area contributed by atoms with Crippen LogP contribution in [0.3, 0.4) is 0 Å². The minimum atomic E-state index is -0.268. The maximum absolute atomic E-state index is 12.8. The summed E-state index contributed by atoms with van der Waals surface area (Å²) in [6, 6.07) is 11.7. The van der Waals surface area contributed by atoms with Gasteiger partial charge in [0.15, 0.2) is 11.5 Å². The van der Waals surface area contributed by atoms with Crippen LogP contribution in [0.1, 0.15) is 11.1 Å². The highest BCUT2D eigenvalue weighted by Gasteiger charge is 2.13. The Morgan fingerprint density at radius 3 is 2.57 bits per heavy atom. The number of rotatable bonds is 6. The lowest BCUT2D eigenvalue weighted by Gasteiger charge is -2.08. The highest BCUT2D eigenvalue weighted by molar-refractivity contribution is 5.78. The molecule has 6 heteroatoms. The van der Waals surface area contributed by atoms with E-state index in [2.05, 4.69) is 10.6 Å². The van der Waals surface area contributed by atoms with Crippen molar-refractivity contribution in [3.05, 3.63) is 59.4 Å². The third kappa shape index (κ3) is 4.20. The van der Waals surface area contributed by atoms with E-state index in [1.807, 2.05) is 18.2 Å². The summed E-state index contributed by atoms with van der Waals surface area (Å²) in [6.45, 7) is 1.37. The molecule has 1 aliphatic rings. The highest BCUT2D eigenvalue weighted by Crippen LogP contribution is 2.32. The Kier molecular flexibility index (Phi) is 4.73. The number of carbonyl (C=O) groups is 1. The normalized spacial score (nSPS) is 12.2. The fourth-order valence-electron chi connectivity index (χ4n) is 2.24. The molecule has 1 aliphatic heterocycles. The van der Waals surface area contributed by atoms with Crippen molar-refractivity contribution in [1.29, 1.82) is 0 Å². The van der Waals surface area contributed by atoms with Crippen molar-refractivity contribution in [1.82, 2.24) is 10.6 Å². The molecule has 1 heterocycles. The van der Waals surface area contributed by atoms with Crippen molar-refractivity contribution in [3.63, 3.8) is 0 Å². The van der Waals surface area contributed by atoms with Gasteiger partial charge in [-0.3, -0.25) is 4.79 Å². The molecule has 2 aromatic carbocycles. The van der Waals surface area contributed by atoms with Gasteiger partial charge in [0.2, 0.25) is 12.7 Å². The van der Waals surface area contributed by atoms with Crippen molar-refractivity contribution in [3.8, 4) is 11.5 Å². The lowest BCUT2D eigenvalue weighted by molar-refractivity contribution is -0.120. The molecule has 0 saturated heterocycles. The van der Waals surface area contributed by atoms with E-state index in [1.165, 1.54) is 12.1 Å². The minimum Gasteiger partial charge on any atom is -0.454 e. The molecule has 0 spiro atoms. The zero-order chi connectivity index (χ0) is 16.1. The van der Waals surface area contributed by atoms with Gasteiger partial charge in [-0.25, -0.2) is 4.39 Å². The third-order valence-corrected chi connectivity index (χ3v) is 3.45. The monoisotopic (exact) mass is 316 g/mol. The van der Waals surface area contributed by atoms with Crippen molar-refractivity contribution < 1.29 is 18.7 Å². The summed E-state index contributed by atoms with van der Waals surface area (Å²) in [5.41, 5.74) is 1.87. The van der Waals surface area contributed by atoms with Crippen LogP contribution in [0.4, 0.5) is 4.39 Å². The molecule has 0 unspecified atom stereocenters. The van der Waals surface area contributed by atoms with Crippen LogP contribution in [0.5, 0.6) is 11.5 Å². The van der Waals surface area contributed by atoms with Crippen LogP contribution in [-0.2, 0) is 17.9 Å². The van der Waals surface area contributed by atoms with Crippen LogP contribution >= 0.6 is 0 Å². The van der Waals surface area contributed by atoms with E-state index in [0.717, 1.165) is 16.9 Å². The molecule has 2 aromatic rings. The summed E-state index contributed by atoms with van der Waals surface area (Å²) in [5, 5.41) is 5.85. The molecule has 2 N–H and O–H groups in total. The number of carbonyl (C=O) groups excluding carboxylic acids is 1. The van der Waals surface area contributed by atoms with Gasteiger partial charge in [0.05, 0.1) is 6.54 Å². The minimum absolute atomic E-state index is 0.107. The van der Waals surface area contributed by atoms with Crippen LogP contribution in [0.2, 0.25) is 0 Å². The Morgan fingerprint density at radius 1 is 1.00 bits per heavy atom.